The first-order valence-corrected chi connectivity index (χ1v) is 6.73. The van der Waals surface area contributed by atoms with Crippen LogP contribution in [0.25, 0.3) is 10.9 Å². The van der Waals surface area contributed by atoms with E-state index in [9.17, 15) is 0 Å². The molecule has 0 amide bonds. The molecule has 18 heavy (non-hydrogen) atoms. The fraction of sp³-hybridized carbons (Fsp3) is 0.357. The van der Waals surface area contributed by atoms with Crippen LogP contribution >= 0.6 is 11.6 Å². The Hall–Kier alpha value is -1.32. The fourth-order valence-corrected chi connectivity index (χ4v) is 3.38. The largest absolute Gasteiger partial charge is 0.365 e. The highest BCUT2D eigenvalue weighted by Crippen LogP contribution is 2.34. The molecule has 3 heterocycles. The summed E-state index contributed by atoms with van der Waals surface area (Å²) in [5, 5.41) is 5.48. The minimum atomic E-state index is 0.635. The number of hydrogen-bond acceptors (Lipinski definition) is 3. The number of fused-ring (bicyclic) bond motifs is 3. The van der Waals surface area contributed by atoms with Crippen molar-refractivity contribution in [1.82, 2.24) is 10.3 Å². The maximum absolute atomic E-state index is 6.03. The molecule has 2 aromatic rings. The number of halogens is 1. The van der Waals surface area contributed by atoms with Crippen molar-refractivity contribution in [3.63, 3.8) is 0 Å². The van der Waals surface area contributed by atoms with Crippen LogP contribution in [0.1, 0.15) is 6.42 Å². The predicted octanol–water partition coefficient (Wildman–Crippen LogP) is 2.44. The molecule has 2 bridgehead atoms. The lowest BCUT2D eigenvalue weighted by Crippen LogP contribution is -2.43. The zero-order chi connectivity index (χ0) is 12.1. The minimum absolute atomic E-state index is 0.635. The molecule has 2 unspecified atom stereocenters. The highest BCUT2D eigenvalue weighted by Gasteiger charge is 2.38. The molecule has 1 aromatic heterocycles. The van der Waals surface area contributed by atoms with E-state index in [4.69, 9.17) is 11.6 Å². The summed E-state index contributed by atoms with van der Waals surface area (Å²) in [7, 11) is 0. The number of rotatable bonds is 1. The van der Waals surface area contributed by atoms with Crippen molar-refractivity contribution in [3.8, 4) is 0 Å². The molecular formula is C14H14ClN3. The maximum Gasteiger partial charge on any atom is 0.0737 e. The number of anilines is 1. The van der Waals surface area contributed by atoms with Crippen molar-refractivity contribution >= 4 is 28.2 Å². The highest BCUT2D eigenvalue weighted by molar-refractivity contribution is 6.31. The first-order valence-electron chi connectivity index (χ1n) is 6.35. The van der Waals surface area contributed by atoms with Crippen molar-refractivity contribution in [3.05, 3.63) is 35.5 Å². The van der Waals surface area contributed by atoms with E-state index in [0.717, 1.165) is 23.6 Å². The van der Waals surface area contributed by atoms with Crippen LogP contribution < -0.4 is 10.2 Å². The van der Waals surface area contributed by atoms with Crippen LogP contribution in [0.4, 0.5) is 5.69 Å². The Balaban J connectivity index is 1.85. The van der Waals surface area contributed by atoms with Crippen LogP contribution in [0.5, 0.6) is 0 Å². The van der Waals surface area contributed by atoms with Crippen molar-refractivity contribution in [1.29, 1.82) is 0 Å². The van der Waals surface area contributed by atoms with Crippen LogP contribution in [0.2, 0.25) is 5.02 Å². The smallest absolute Gasteiger partial charge is 0.0737 e. The van der Waals surface area contributed by atoms with Crippen LogP contribution in [0, 0.1) is 0 Å². The molecular weight excluding hydrogens is 246 g/mol. The molecule has 2 aliphatic rings. The normalized spacial score (nSPS) is 26.2. The molecule has 2 fully saturated rings. The van der Waals surface area contributed by atoms with E-state index >= 15 is 0 Å². The Bertz CT molecular complexity index is 613. The van der Waals surface area contributed by atoms with Gasteiger partial charge in [0.05, 0.1) is 5.52 Å². The molecule has 92 valence electrons. The topological polar surface area (TPSA) is 28.2 Å². The Morgan fingerprint density at radius 2 is 2.28 bits per heavy atom. The molecule has 4 heteroatoms. The first-order chi connectivity index (χ1) is 8.81. The summed E-state index contributed by atoms with van der Waals surface area (Å²) in [5.74, 6) is 0. The molecule has 2 atom stereocenters. The van der Waals surface area contributed by atoms with Crippen molar-refractivity contribution in [2.24, 2.45) is 0 Å². The van der Waals surface area contributed by atoms with Gasteiger partial charge in [0, 0.05) is 47.5 Å². The molecule has 0 radical (unpaired) electrons. The van der Waals surface area contributed by atoms with E-state index < -0.39 is 0 Å². The van der Waals surface area contributed by atoms with Gasteiger partial charge in [0.1, 0.15) is 0 Å². The van der Waals surface area contributed by atoms with E-state index in [0.29, 0.717) is 12.1 Å². The molecule has 1 N–H and O–H groups in total. The SMILES string of the molecule is Clc1ccc2c(N3CC4CC3CN4)ccnc2c1. The summed E-state index contributed by atoms with van der Waals surface area (Å²) in [4.78, 5) is 6.92. The molecule has 2 aliphatic heterocycles. The van der Waals surface area contributed by atoms with Crippen LogP contribution in [-0.2, 0) is 0 Å². The third kappa shape index (κ3) is 1.51. The Labute approximate surface area is 111 Å². The van der Waals surface area contributed by atoms with Crippen molar-refractivity contribution < 1.29 is 0 Å². The monoisotopic (exact) mass is 259 g/mol. The number of nitrogens with one attached hydrogen (secondary N) is 1. The van der Waals surface area contributed by atoms with E-state index in [1.807, 2.05) is 18.3 Å². The summed E-state index contributed by atoms with van der Waals surface area (Å²) < 4.78 is 0. The van der Waals surface area contributed by atoms with Crippen LogP contribution in [0.15, 0.2) is 30.5 Å². The summed E-state index contributed by atoms with van der Waals surface area (Å²) in [5.41, 5.74) is 2.28. The molecule has 0 saturated carbocycles. The Kier molecular flexibility index (Phi) is 2.26. The van der Waals surface area contributed by atoms with Gasteiger partial charge < -0.3 is 10.2 Å². The third-order valence-electron chi connectivity index (χ3n) is 4.05. The number of piperazine rings is 1. The second-order valence-electron chi connectivity index (χ2n) is 5.14. The van der Waals surface area contributed by atoms with Gasteiger partial charge in [-0.15, -0.1) is 0 Å². The van der Waals surface area contributed by atoms with Gasteiger partial charge in [0.25, 0.3) is 0 Å². The summed E-state index contributed by atoms with van der Waals surface area (Å²) in [6, 6.07) is 9.38. The predicted molar refractivity (Wildman–Crippen MR) is 74.3 cm³/mol. The molecule has 3 nitrogen and oxygen atoms in total. The Morgan fingerprint density at radius 3 is 3.06 bits per heavy atom. The summed E-state index contributed by atoms with van der Waals surface area (Å²) in [6.07, 6.45) is 3.14. The van der Waals surface area contributed by atoms with Gasteiger partial charge in [-0.25, -0.2) is 0 Å². The van der Waals surface area contributed by atoms with Gasteiger partial charge in [-0.05, 0) is 30.7 Å². The number of pyridine rings is 1. The lowest BCUT2D eigenvalue weighted by molar-refractivity contribution is 0.581. The molecule has 0 aliphatic carbocycles. The molecule has 0 spiro atoms. The van der Waals surface area contributed by atoms with Gasteiger partial charge in [-0.1, -0.05) is 11.6 Å². The zero-order valence-electron chi connectivity index (χ0n) is 9.94. The number of hydrogen-bond donors (Lipinski definition) is 1. The van der Waals surface area contributed by atoms with Gasteiger partial charge in [-0.3, -0.25) is 4.98 Å². The first kappa shape index (κ1) is 10.6. The van der Waals surface area contributed by atoms with Gasteiger partial charge >= 0.3 is 0 Å². The number of aromatic nitrogens is 1. The van der Waals surface area contributed by atoms with E-state index in [-0.39, 0.29) is 0 Å². The average molecular weight is 260 g/mol. The standard InChI is InChI=1S/C14H14ClN3/c15-9-1-2-12-13(5-9)16-4-3-14(12)18-8-10-6-11(18)7-17-10/h1-5,10-11,17H,6-8H2. The number of benzene rings is 1. The fourth-order valence-electron chi connectivity index (χ4n) is 3.21. The van der Waals surface area contributed by atoms with E-state index in [1.54, 1.807) is 0 Å². The second kappa shape index (κ2) is 3.84. The zero-order valence-corrected chi connectivity index (χ0v) is 10.7. The second-order valence-corrected chi connectivity index (χ2v) is 5.58. The summed E-state index contributed by atoms with van der Waals surface area (Å²) >= 11 is 6.03. The quantitative estimate of drug-likeness (QED) is 0.853. The number of nitrogens with zero attached hydrogens (tertiary/aromatic N) is 2. The lowest BCUT2D eigenvalue weighted by atomic mass is 10.1. The molecule has 4 rings (SSSR count). The van der Waals surface area contributed by atoms with Gasteiger partial charge in [0.15, 0.2) is 0 Å². The maximum atomic E-state index is 6.03. The van der Waals surface area contributed by atoms with Gasteiger partial charge in [0.2, 0.25) is 0 Å². The summed E-state index contributed by atoms with van der Waals surface area (Å²) in [6.45, 7) is 2.20. The van der Waals surface area contributed by atoms with Crippen molar-refractivity contribution in [2.45, 2.75) is 18.5 Å². The van der Waals surface area contributed by atoms with E-state index in [2.05, 4.69) is 27.3 Å². The molecule has 2 saturated heterocycles. The van der Waals surface area contributed by atoms with Crippen LogP contribution in [-0.4, -0.2) is 30.2 Å². The average Bonchev–Trinajstić information content (AvgIpc) is 2.99. The lowest BCUT2D eigenvalue weighted by Gasteiger charge is -2.30. The van der Waals surface area contributed by atoms with Gasteiger partial charge in [-0.2, -0.15) is 0 Å². The van der Waals surface area contributed by atoms with Crippen LogP contribution in [0.3, 0.4) is 0 Å². The minimum Gasteiger partial charge on any atom is -0.365 e. The Morgan fingerprint density at radius 1 is 1.33 bits per heavy atom. The van der Waals surface area contributed by atoms with E-state index in [1.165, 1.54) is 17.5 Å². The molecule has 1 aromatic carbocycles. The third-order valence-corrected chi connectivity index (χ3v) is 4.28. The highest BCUT2D eigenvalue weighted by atomic mass is 35.5. The van der Waals surface area contributed by atoms with Crippen molar-refractivity contribution in [2.75, 3.05) is 18.0 Å².